The van der Waals surface area contributed by atoms with E-state index in [2.05, 4.69) is 5.32 Å². The molecule has 1 aliphatic rings. The zero-order chi connectivity index (χ0) is 18.8. The summed E-state index contributed by atoms with van der Waals surface area (Å²) in [6.45, 7) is 5.62. The van der Waals surface area contributed by atoms with E-state index in [1.807, 2.05) is 44.2 Å². The molecule has 0 spiro atoms. The van der Waals surface area contributed by atoms with Gasteiger partial charge in [0.25, 0.3) is 5.91 Å². The summed E-state index contributed by atoms with van der Waals surface area (Å²) in [5.74, 6) is 0.259. The van der Waals surface area contributed by atoms with Crippen molar-refractivity contribution < 1.29 is 14.3 Å². The molecule has 1 N–H and O–H groups in total. The molecule has 1 heterocycles. The second-order valence-electron chi connectivity index (χ2n) is 6.51. The van der Waals surface area contributed by atoms with E-state index in [0.717, 1.165) is 11.3 Å². The minimum atomic E-state index is -0.723. The van der Waals surface area contributed by atoms with Crippen molar-refractivity contribution in [3.05, 3.63) is 58.6 Å². The maximum absolute atomic E-state index is 13.0. The number of rotatable bonds is 5. The van der Waals surface area contributed by atoms with Crippen LogP contribution in [0.4, 0.5) is 5.69 Å². The third-order valence-electron chi connectivity index (χ3n) is 4.12. The van der Waals surface area contributed by atoms with Gasteiger partial charge in [-0.1, -0.05) is 41.9 Å². The van der Waals surface area contributed by atoms with Crippen molar-refractivity contribution in [1.29, 1.82) is 0 Å². The molecule has 2 aromatic carbocycles. The zero-order valence-electron chi connectivity index (χ0n) is 15.0. The predicted octanol–water partition coefficient (Wildman–Crippen LogP) is 3.85. The van der Waals surface area contributed by atoms with Crippen molar-refractivity contribution in [3.8, 4) is 5.75 Å². The van der Waals surface area contributed by atoms with Gasteiger partial charge >= 0.3 is 0 Å². The lowest BCUT2D eigenvalue weighted by atomic mass is 10.1. The van der Waals surface area contributed by atoms with Crippen LogP contribution < -0.4 is 15.0 Å². The molecule has 0 radical (unpaired) electrons. The molecule has 1 aliphatic heterocycles. The van der Waals surface area contributed by atoms with E-state index in [-0.39, 0.29) is 17.9 Å². The van der Waals surface area contributed by atoms with E-state index in [0.29, 0.717) is 22.8 Å². The topological polar surface area (TPSA) is 58.6 Å². The van der Waals surface area contributed by atoms with Gasteiger partial charge in [0.1, 0.15) is 11.8 Å². The maximum Gasteiger partial charge on any atom is 0.254 e. The number of carbonyl (C=O) groups excluding carboxylic acids is 2. The first-order valence-corrected chi connectivity index (χ1v) is 8.87. The average Bonchev–Trinajstić information content (AvgIpc) is 2.82. The largest absolute Gasteiger partial charge is 0.491 e. The lowest BCUT2D eigenvalue weighted by Gasteiger charge is -2.21. The molecule has 5 nitrogen and oxygen atoms in total. The second-order valence-corrected chi connectivity index (χ2v) is 6.92. The Morgan fingerprint density at radius 2 is 1.96 bits per heavy atom. The van der Waals surface area contributed by atoms with Crippen LogP contribution in [0, 0.1) is 0 Å². The molecule has 2 aromatic rings. The number of anilines is 1. The highest BCUT2D eigenvalue weighted by molar-refractivity contribution is 6.34. The summed E-state index contributed by atoms with van der Waals surface area (Å²) in [5, 5.41) is 3.20. The van der Waals surface area contributed by atoms with Gasteiger partial charge in [0.2, 0.25) is 5.91 Å². The fourth-order valence-electron chi connectivity index (χ4n) is 3.12. The fraction of sp³-hybridized carbons (Fsp3) is 0.300. The Labute approximate surface area is 157 Å². The molecule has 26 heavy (non-hydrogen) atoms. The van der Waals surface area contributed by atoms with Crippen molar-refractivity contribution in [1.82, 2.24) is 5.32 Å². The van der Waals surface area contributed by atoms with Gasteiger partial charge < -0.3 is 15.0 Å². The molecule has 0 aromatic heterocycles. The third-order valence-corrected chi connectivity index (χ3v) is 4.43. The number of amides is 2. The Kier molecular flexibility index (Phi) is 5.18. The molecule has 3 rings (SSSR count). The minimum absolute atomic E-state index is 0.0217. The highest BCUT2D eigenvalue weighted by Crippen LogP contribution is 2.42. The Bertz CT molecular complexity index is 851. The molecule has 0 fully saturated rings. The summed E-state index contributed by atoms with van der Waals surface area (Å²) in [6.07, 6.45) is 0.0217. The van der Waals surface area contributed by atoms with Gasteiger partial charge in [0.05, 0.1) is 23.4 Å². The summed E-state index contributed by atoms with van der Waals surface area (Å²) in [6, 6.07) is 12.2. The van der Waals surface area contributed by atoms with E-state index in [1.165, 1.54) is 6.92 Å². The number of hydrogen-bond acceptors (Lipinski definition) is 3. The molecule has 1 unspecified atom stereocenters. The summed E-state index contributed by atoms with van der Waals surface area (Å²) in [4.78, 5) is 26.2. The molecule has 0 saturated carbocycles. The summed E-state index contributed by atoms with van der Waals surface area (Å²) < 4.78 is 5.86. The standard InChI is InChI=1S/C20H21ClN2O3/c1-12(2)26-17-10-5-4-7-14(17)11-23-19-15(8-6-9-16(19)21)18(20(23)25)22-13(3)24/h4-10,12,18H,11H2,1-3H3,(H,22,24). The highest BCUT2D eigenvalue weighted by Gasteiger charge is 2.39. The van der Waals surface area contributed by atoms with Crippen molar-refractivity contribution in [3.63, 3.8) is 0 Å². The average molecular weight is 373 g/mol. The number of halogens is 1. The van der Waals surface area contributed by atoms with Crippen LogP contribution in [0.3, 0.4) is 0 Å². The molecule has 6 heteroatoms. The van der Waals surface area contributed by atoms with Crippen molar-refractivity contribution in [2.75, 3.05) is 4.90 Å². The van der Waals surface area contributed by atoms with Crippen molar-refractivity contribution >= 4 is 29.1 Å². The first kappa shape index (κ1) is 18.3. The zero-order valence-corrected chi connectivity index (χ0v) is 15.7. The van der Waals surface area contributed by atoms with Crippen LogP contribution in [0.25, 0.3) is 0 Å². The Morgan fingerprint density at radius 3 is 2.65 bits per heavy atom. The van der Waals surface area contributed by atoms with E-state index < -0.39 is 6.04 Å². The SMILES string of the molecule is CC(=O)NC1C(=O)N(Cc2ccccc2OC(C)C)c2c(Cl)cccc21. The van der Waals surface area contributed by atoms with Crippen LogP contribution >= 0.6 is 11.6 Å². The molecule has 2 amide bonds. The van der Waals surface area contributed by atoms with Gasteiger partial charge in [-0.25, -0.2) is 0 Å². The van der Waals surface area contributed by atoms with Gasteiger partial charge in [-0.15, -0.1) is 0 Å². The number of benzene rings is 2. The molecular weight excluding hydrogens is 352 g/mol. The van der Waals surface area contributed by atoms with E-state index in [1.54, 1.807) is 17.0 Å². The van der Waals surface area contributed by atoms with Crippen LogP contribution in [-0.4, -0.2) is 17.9 Å². The monoisotopic (exact) mass is 372 g/mol. The van der Waals surface area contributed by atoms with E-state index in [9.17, 15) is 9.59 Å². The van der Waals surface area contributed by atoms with Gasteiger partial charge in [0.15, 0.2) is 0 Å². The van der Waals surface area contributed by atoms with Gasteiger partial charge in [-0.2, -0.15) is 0 Å². The number of carbonyl (C=O) groups is 2. The molecule has 1 atom stereocenters. The molecule has 136 valence electrons. The minimum Gasteiger partial charge on any atom is -0.491 e. The van der Waals surface area contributed by atoms with Crippen LogP contribution in [0.15, 0.2) is 42.5 Å². The third kappa shape index (κ3) is 3.53. The molecule has 0 aliphatic carbocycles. The number of nitrogens with one attached hydrogen (secondary N) is 1. The summed E-state index contributed by atoms with van der Waals surface area (Å²) in [5.41, 5.74) is 2.22. The fourth-order valence-corrected chi connectivity index (χ4v) is 3.41. The van der Waals surface area contributed by atoms with Crippen molar-refractivity contribution in [2.45, 2.75) is 39.5 Å². The molecular formula is C20H21ClN2O3. The van der Waals surface area contributed by atoms with Crippen LogP contribution in [0.5, 0.6) is 5.75 Å². The summed E-state index contributed by atoms with van der Waals surface area (Å²) in [7, 11) is 0. The van der Waals surface area contributed by atoms with Gasteiger partial charge in [-0.05, 0) is 26.0 Å². The Hall–Kier alpha value is -2.53. The predicted molar refractivity (Wildman–Crippen MR) is 101 cm³/mol. The number of hydrogen-bond donors (Lipinski definition) is 1. The van der Waals surface area contributed by atoms with Crippen LogP contribution in [0.2, 0.25) is 5.02 Å². The first-order valence-electron chi connectivity index (χ1n) is 8.50. The van der Waals surface area contributed by atoms with Crippen molar-refractivity contribution in [2.24, 2.45) is 0 Å². The quantitative estimate of drug-likeness (QED) is 0.867. The Morgan fingerprint density at radius 1 is 1.23 bits per heavy atom. The lowest BCUT2D eigenvalue weighted by molar-refractivity contribution is -0.126. The maximum atomic E-state index is 13.0. The lowest BCUT2D eigenvalue weighted by Crippen LogP contribution is -2.36. The number of fused-ring (bicyclic) bond motifs is 1. The summed E-state index contributed by atoms with van der Waals surface area (Å²) >= 11 is 6.38. The molecule has 0 bridgehead atoms. The van der Waals surface area contributed by atoms with Crippen LogP contribution in [-0.2, 0) is 16.1 Å². The normalized spacial score (nSPS) is 16.0. The Balaban J connectivity index is 1.99. The van der Waals surface area contributed by atoms with Gasteiger partial charge in [0, 0.05) is 18.1 Å². The molecule has 0 saturated heterocycles. The highest BCUT2D eigenvalue weighted by atomic mass is 35.5. The number of para-hydroxylation sites is 2. The van der Waals surface area contributed by atoms with E-state index in [4.69, 9.17) is 16.3 Å². The van der Waals surface area contributed by atoms with E-state index >= 15 is 0 Å². The first-order chi connectivity index (χ1) is 12.4. The smallest absolute Gasteiger partial charge is 0.254 e. The van der Waals surface area contributed by atoms with Gasteiger partial charge in [-0.3, -0.25) is 9.59 Å². The number of nitrogens with zero attached hydrogens (tertiary/aromatic N) is 1. The number of ether oxygens (including phenoxy) is 1. The second kappa shape index (κ2) is 7.38. The van der Waals surface area contributed by atoms with Crippen LogP contribution in [0.1, 0.15) is 37.9 Å².